The number of hydrogen-bond donors (Lipinski definition) is 2. The number of amides is 1. The highest BCUT2D eigenvalue weighted by atomic mass is 19.1. The van der Waals surface area contributed by atoms with E-state index in [9.17, 15) is 14.0 Å². The highest BCUT2D eigenvalue weighted by Gasteiger charge is 2.56. The Labute approximate surface area is 126 Å². The lowest BCUT2D eigenvalue weighted by Crippen LogP contribution is -2.49. The number of nitrogens with zero attached hydrogens (tertiary/aromatic N) is 1. The summed E-state index contributed by atoms with van der Waals surface area (Å²) in [4.78, 5) is 25.0. The van der Waals surface area contributed by atoms with Gasteiger partial charge in [0.1, 0.15) is 5.75 Å². The molecule has 0 unspecified atom stereocenters. The van der Waals surface area contributed by atoms with Gasteiger partial charge in [-0.15, -0.1) is 0 Å². The second-order valence-electron chi connectivity index (χ2n) is 5.65. The second kappa shape index (κ2) is 5.24. The zero-order chi connectivity index (χ0) is 15.9. The third kappa shape index (κ3) is 2.21. The van der Waals surface area contributed by atoms with E-state index >= 15 is 0 Å². The van der Waals surface area contributed by atoms with Crippen LogP contribution in [0.15, 0.2) is 18.2 Å². The summed E-state index contributed by atoms with van der Waals surface area (Å²) in [5.74, 6) is -1.82. The molecule has 6 nitrogen and oxygen atoms in total. The summed E-state index contributed by atoms with van der Waals surface area (Å²) in [6.45, 7) is 1.13. The second-order valence-corrected chi connectivity index (χ2v) is 5.65. The van der Waals surface area contributed by atoms with Crippen LogP contribution < -0.4 is 15.0 Å². The van der Waals surface area contributed by atoms with E-state index in [-0.39, 0.29) is 18.5 Å². The number of alkyl halides is 1. The molecule has 2 N–H and O–H groups in total. The Hall–Kier alpha value is -2.15. The number of nitrogens with one attached hydrogen (secondary N) is 1. The minimum atomic E-state index is -1.86. The van der Waals surface area contributed by atoms with Gasteiger partial charge < -0.3 is 20.1 Å². The molecule has 7 heteroatoms. The Morgan fingerprint density at radius 3 is 2.91 bits per heavy atom. The number of ether oxygens (including phenoxy) is 1. The van der Waals surface area contributed by atoms with Crippen LogP contribution in [0.25, 0.3) is 0 Å². The molecule has 2 heterocycles. The van der Waals surface area contributed by atoms with E-state index in [1.807, 2.05) is 0 Å². The van der Waals surface area contributed by atoms with Gasteiger partial charge in [-0.2, -0.15) is 0 Å². The molecule has 1 amide bonds. The molecular formula is C15H17FN2O4. The number of hydrogen-bond acceptors (Lipinski definition) is 4. The van der Waals surface area contributed by atoms with Crippen LogP contribution in [-0.4, -0.2) is 49.4 Å². The van der Waals surface area contributed by atoms with Gasteiger partial charge in [-0.05, 0) is 18.7 Å². The Balaban J connectivity index is 1.99. The van der Waals surface area contributed by atoms with Gasteiger partial charge in [0.05, 0.1) is 12.7 Å². The van der Waals surface area contributed by atoms with Crippen molar-refractivity contribution in [2.75, 3.05) is 31.6 Å². The molecule has 118 valence electrons. The molecule has 0 spiro atoms. The van der Waals surface area contributed by atoms with Crippen molar-refractivity contribution in [2.45, 2.75) is 12.1 Å². The standard InChI is InChI=1S/C15H17FN2O4/c1-22-12-5-9(13(19)20)4-11(6-12)18-8-10-7-17-3-2-15(10,16)14(18)21/h4-6,10,17H,2-3,7-8H2,1H3,(H,19,20)/t10-,15+/m0/s1. The van der Waals surface area contributed by atoms with Crippen LogP contribution in [0.4, 0.5) is 10.1 Å². The number of carbonyl (C=O) groups is 2. The zero-order valence-electron chi connectivity index (χ0n) is 12.1. The normalized spacial score (nSPS) is 27.6. The number of methoxy groups -OCH3 is 1. The summed E-state index contributed by atoms with van der Waals surface area (Å²) in [5.41, 5.74) is -1.51. The molecular weight excluding hydrogens is 291 g/mol. The first-order chi connectivity index (χ1) is 10.5. The number of benzene rings is 1. The van der Waals surface area contributed by atoms with Crippen LogP contribution in [0.5, 0.6) is 5.75 Å². The van der Waals surface area contributed by atoms with Crippen LogP contribution in [0, 0.1) is 5.92 Å². The monoisotopic (exact) mass is 308 g/mol. The number of rotatable bonds is 3. The summed E-state index contributed by atoms with van der Waals surface area (Å²) < 4.78 is 20.0. The van der Waals surface area contributed by atoms with Crippen molar-refractivity contribution in [3.63, 3.8) is 0 Å². The van der Waals surface area contributed by atoms with Crippen molar-refractivity contribution in [1.82, 2.24) is 5.32 Å². The molecule has 0 aromatic heterocycles. The van der Waals surface area contributed by atoms with Gasteiger partial charge in [0, 0.05) is 37.2 Å². The SMILES string of the molecule is COc1cc(C(=O)O)cc(N2C[C@@H]3CNCC[C@]3(F)C2=O)c1. The minimum Gasteiger partial charge on any atom is -0.497 e. The summed E-state index contributed by atoms with van der Waals surface area (Å²) >= 11 is 0. The largest absolute Gasteiger partial charge is 0.497 e. The Morgan fingerprint density at radius 2 is 2.27 bits per heavy atom. The molecule has 0 aliphatic carbocycles. The molecule has 2 aliphatic rings. The van der Waals surface area contributed by atoms with Gasteiger partial charge in [0.25, 0.3) is 5.91 Å². The first-order valence-corrected chi connectivity index (χ1v) is 7.09. The molecule has 22 heavy (non-hydrogen) atoms. The zero-order valence-corrected chi connectivity index (χ0v) is 12.1. The van der Waals surface area contributed by atoms with Crippen LogP contribution in [0.3, 0.4) is 0 Å². The lowest BCUT2D eigenvalue weighted by atomic mass is 9.86. The van der Waals surface area contributed by atoms with Gasteiger partial charge in [-0.3, -0.25) is 4.79 Å². The average Bonchev–Trinajstić information content (AvgIpc) is 2.79. The maximum Gasteiger partial charge on any atom is 0.335 e. The fourth-order valence-electron chi connectivity index (χ4n) is 3.13. The highest BCUT2D eigenvalue weighted by Crippen LogP contribution is 2.40. The predicted molar refractivity (Wildman–Crippen MR) is 77.1 cm³/mol. The van der Waals surface area contributed by atoms with Crippen LogP contribution in [0.2, 0.25) is 0 Å². The van der Waals surface area contributed by atoms with E-state index in [2.05, 4.69) is 5.32 Å². The Kier molecular flexibility index (Phi) is 3.52. The van der Waals surface area contributed by atoms with Gasteiger partial charge >= 0.3 is 5.97 Å². The topological polar surface area (TPSA) is 78.9 Å². The van der Waals surface area contributed by atoms with Crippen LogP contribution >= 0.6 is 0 Å². The molecule has 0 saturated carbocycles. The highest BCUT2D eigenvalue weighted by molar-refractivity contribution is 6.03. The molecule has 0 bridgehead atoms. The maximum absolute atomic E-state index is 14.9. The molecule has 2 atom stereocenters. The summed E-state index contributed by atoms with van der Waals surface area (Å²) in [6, 6.07) is 4.29. The lowest BCUT2D eigenvalue weighted by Gasteiger charge is -2.29. The molecule has 0 radical (unpaired) electrons. The number of fused-ring (bicyclic) bond motifs is 1. The van der Waals surface area contributed by atoms with E-state index in [4.69, 9.17) is 9.84 Å². The molecule has 1 aromatic carbocycles. The number of aromatic carboxylic acids is 1. The average molecular weight is 308 g/mol. The van der Waals surface area contributed by atoms with Crippen molar-refractivity contribution < 1.29 is 23.8 Å². The van der Waals surface area contributed by atoms with Gasteiger partial charge in [-0.25, -0.2) is 9.18 Å². The minimum absolute atomic E-state index is 0.00283. The van der Waals surface area contributed by atoms with Crippen molar-refractivity contribution in [2.24, 2.45) is 5.92 Å². The third-order valence-electron chi connectivity index (χ3n) is 4.39. The van der Waals surface area contributed by atoms with Crippen LogP contribution in [0.1, 0.15) is 16.8 Å². The van der Waals surface area contributed by atoms with Crippen molar-refractivity contribution in [3.05, 3.63) is 23.8 Å². The Morgan fingerprint density at radius 1 is 1.50 bits per heavy atom. The summed E-state index contributed by atoms with van der Waals surface area (Å²) in [6.07, 6.45) is 0.142. The number of carboxylic acids is 1. The van der Waals surface area contributed by atoms with Gasteiger partial charge in [0.15, 0.2) is 5.67 Å². The Bertz CT molecular complexity index is 636. The molecule has 1 aromatic rings. The van der Waals surface area contributed by atoms with E-state index in [0.29, 0.717) is 24.5 Å². The number of piperidine rings is 1. The molecule has 2 aliphatic heterocycles. The van der Waals surface area contributed by atoms with Crippen LogP contribution in [-0.2, 0) is 4.79 Å². The fraction of sp³-hybridized carbons (Fsp3) is 0.467. The van der Waals surface area contributed by atoms with Crippen molar-refractivity contribution >= 4 is 17.6 Å². The van der Waals surface area contributed by atoms with Crippen molar-refractivity contribution in [1.29, 1.82) is 0 Å². The van der Waals surface area contributed by atoms with Gasteiger partial charge in [-0.1, -0.05) is 0 Å². The number of halogens is 1. The maximum atomic E-state index is 14.9. The number of anilines is 1. The van der Waals surface area contributed by atoms with E-state index in [1.54, 1.807) is 6.07 Å². The first-order valence-electron chi connectivity index (χ1n) is 7.09. The molecule has 2 fully saturated rings. The summed E-state index contributed by atoms with van der Waals surface area (Å²) in [5, 5.41) is 12.2. The van der Waals surface area contributed by atoms with E-state index < -0.39 is 23.5 Å². The molecule has 2 saturated heterocycles. The fourth-order valence-corrected chi connectivity index (χ4v) is 3.13. The number of carboxylic acid groups (broad SMARTS) is 1. The lowest BCUT2D eigenvalue weighted by molar-refractivity contribution is -0.130. The smallest absolute Gasteiger partial charge is 0.335 e. The predicted octanol–water partition coefficient (Wildman–Crippen LogP) is 1.06. The molecule has 3 rings (SSSR count). The van der Waals surface area contributed by atoms with E-state index in [1.165, 1.54) is 24.1 Å². The first kappa shape index (κ1) is 14.8. The summed E-state index contributed by atoms with van der Waals surface area (Å²) in [7, 11) is 1.41. The van der Waals surface area contributed by atoms with Crippen molar-refractivity contribution in [3.8, 4) is 5.75 Å². The van der Waals surface area contributed by atoms with Gasteiger partial charge in [0.2, 0.25) is 0 Å². The quantitative estimate of drug-likeness (QED) is 0.873. The third-order valence-corrected chi connectivity index (χ3v) is 4.39. The van der Waals surface area contributed by atoms with E-state index in [0.717, 1.165) is 0 Å². The number of carbonyl (C=O) groups excluding carboxylic acids is 1.